The van der Waals surface area contributed by atoms with Crippen molar-refractivity contribution in [3.05, 3.63) is 29.8 Å². The predicted octanol–water partition coefficient (Wildman–Crippen LogP) is 4.22. The zero-order chi connectivity index (χ0) is 16.8. The predicted molar refractivity (Wildman–Crippen MR) is 91.1 cm³/mol. The van der Waals surface area contributed by atoms with Gasteiger partial charge in [-0.15, -0.1) is 0 Å². The molecule has 0 bridgehead atoms. The Labute approximate surface area is 134 Å². The first-order chi connectivity index (χ1) is 10.1. The molecule has 1 rings (SSSR count). The van der Waals surface area contributed by atoms with Gasteiger partial charge in [0.05, 0.1) is 6.61 Å². The molecule has 5 heteroatoms. The maximum absolute atomic E-state index is 10.5. The van der Waals surface area contributed by atoms with Gasteiger partial charge in [0.25, 0.3) is 0 Å². The zero-order valence-electron chi connectivity index (χ0n) is 14.3. The van der Waals surface area contributed by atoms with Crippen LogP contribution in [0.1, 0.15) is 46.6 Å². The molecule has 0 aromatic heterocycles. The third-order valence-electron chi connectivity index (χ3n) is 3.33. The van der Waals surface area contributed by atoms with Crippen molar-refractivity contribution in [2.45, 2.75) is 46.5 Å². The van der Waals surface area contributed by atoms with Gasteiger partial charge in [-0.2, -0.15) is 0 Å². The minimum absolute atomic E-state index is 0.103. The lowest BCUT2D eigenvalue weighted by Gasteiger charge is -2.33. The van der Waals surface area contributed by atoms with Crippen molar-refractivity contribution in [3.8, 4) is 5.75 Å². The average Bonchev–Trinajstić information content (AvgIpc) is 2.35. The van der Waals surface area contributed by atoms with Gasteiger partial charge >= 0.3 is 0 Å². The molecule has 1 aromatic rings. The Morgan fingerprint density at radius 3 is 2.14 bits per heavy atom. The van der Waals surface area contributed by atoms with E-state index in [1.807, 2.05) is 12.1 Å². The van der Waals surface area contributed by atoms with Crippen LogP contribution in [0.4, 0.5) is 0 Å². The molecule has 0 radical (unpaired) electrons. The first kappa shape index (κ1) is 19.2. The fourth-order valence-electron chi connectivity index (χ4n) is 2.81. The second kappa shape index (κ2) is 8.14. The molecular weight excluding hydrogens is 299 g/mol. The summed E-state index contributed by atoms with van der Waals surface area (Å²) in [6, 6.07) is 8.14. The van der Waals surface area contributed by atoms with Crippen LogP contribution in [0.15, 0.2) is 24.3 Å². The molecule has 0 spiro atoms. The van der Waals surface area contributed by atoms with Gasteiger partial charge in [-0.1, -0.05) is 46.8 Å². The van der Waals surface area contributed by atoms with Crippen LogP contribution in [0.2, 0.25) is 0 Å². The molecule has 0 saturated carbocycles. The van der Waals surface area contributed by atoms with Gasteiger partial charge < -0.3 is 14.4 Å². The third-order valence-corrected chi connectivity index (χ3v) is 3.78. The van der Waals surface area contributed by atoms with Gasteiger partial charge in [-0.25, -0.2) is 0 Å². The lowest BCUT2D eigenvalue weighted by atomic mass is 9.72. The Hall–Kier alpha value is -0.830. The summed E-state index contributed by atoms with van der Waals surface area (Å²) in [6.07, 6.45) is 1.00. The normalized spacial score (nSPS) is 13.9. The largest absolute Gasteiger partial charge is 0.491 e. The standard InChI is InChI=1S/C17H29O4P/c1-16(2,3)12-17(4,5)14-6-8-15(9-7-14)21-11-10-20-13-22(18)19/h6-9,22H,10-13H2,1-5H3,(H,18,19). The minimum Gasteiger partial charge on any atom is -0.491 e. The van der Waals surface area contributed by atoms with E-state index in [4.69, 9.17) is 14.4 Å². The molecule has 0 aliphatic rings. The Morgan fingerprint density at radius 2 is 1.64 bits per heavy atom. The van der Waals surface area contributed by atoms with E-state index < -0.39 is 8.03 Å². The molecule has 0 aliphatic heterocycles. The summed E-state index contributed by atoms with van der Waals surface area (Å²) in [5.74, 6) is 0.788. The molecule has 126 valence electrons. The van der Waals surface area contributed by atoms with Crippen molar-refractivity contribution in [3.63, 3.8) is 0 Å². The Kier molecular flexibility index (Phi) is 7.11. The molecule has 4 nitrogen and oxygen atoms in total. The summed E-state index contributed by atoms with van der Waals surface area (Å²) in [6.45, 7) is 12.0. The van der Waals surface area contributed by atoms with Gasteiger partial charge in [0.2, 0.25) is 8.03 Å². The van der Waals surface area contributed by atoms with Crippen LogP contribution < -0.4 is 4.74 Å². The summed E-state index contributed by atoms with van der Waals surface area (Å²) in [4.78, 5) is 8.64. The van der Waals surface area contributed by atoms with Gasteiger partial charge in [-0.05, 0) is 34.9 Å². The summed E-state index contributed by atoms with van der Waals surface area (Å²) in [7, 11) is -2.54. The maximum atomic E-state index is 10.5. The van der Waals surface area contributed by atoms with E-state index in [0.29, 0.717) is 13.2 Å². The molecule has 1 atom stereocenters. The number of rotatable bonds is 8. The topological polar surface area (TPSA) is 55.8 Å². The lowest BCUT2D eigenvalue weighted by Crippen LogP contribution is -2.24. The molecule has 1 unspecified atom stereocenters. The molecule has 0 saturated heterocycles. The summed E-state index contributed by atoms with van der Waals surface area (Å²) >= 11 is 0. The van der Waals surface area contributed by atoms with Crippen LogP contribution in [0.5, 0.6) is 5.75 Å². The molecule has 0 heterocycles. The van der Waals surface area contributed by atoms with Gasteiger partial charge in [0, 0.05) is 0 Å². The number of hydrogen-bond acceptors (Lipinski definition) is 3. The summed E-state index contributed by atoms with van der Waals surface area (Å²) in [5.41, 5.74) is 1.70. The second-order valence-electron chi connectivity index (χ2n) is 7.44. The first-order valence-corrected chi connectivity index (χ1v) is 9.19. The van der Waals surface area contributed by atoms with E-state index in [1.54, 1.807) is 0 Å². The maximum Gasteiger partial charge on any atom is 0.214 e. The van der Waals surface area contributed by atoms with Crippen LogP contribution in [0, 0.1) is 5.41 Å². The number of hydrogen-bond donors (Lipinski definition) is 1. The molecular formula is C17H29O4P. The fourth-order valence-corrected chi connectivity index (χ4v) is 3.13. The van der Waals surface area contributed by atoms with E-state index in [-0.39, 0.29) is 17.2 Å². The van der Waals surface area contributed by atoms with Gasteiger partial charge in [0.1, 0.15) is 18.7 Å². The highest BCUT2D eigenvalue weighted by molar-refractivity contribution is 7.37. The SMILES string of the molecule is CC(C)(C)CC(C)(C)c1ccc(OCCOC[PH](=O)O)cc1. The van der Waals surface area contributed by atoms with Crippen molar-refractivity contribution in [1.82, 2.24) is 0 Å². The van der Waals surface area contributed by atoms with Crippen LogP contribution >= 0.6 is 8.03 Å². The zero-order valence-corrected chi connectivity index (χ0v) is 15.3. The monoisotopic (exact) mass is 328 g/mol. The molecule has 0 fully saturated rings. The molecule has 1 aromatic carbocycles. The highest BCUT2D eigenvalue weighted by atomic mass is 31.1. The Morgan fingerprint density at radius 1 is 1.05 bits per heavy atom. The van der Waals surface area contributed by atoms with Crippen molar-refractivity contribution in [2.75, 3.05) is 19.6 Å². The quantitative estimate of drug-likeness (QED) is 0.573. The van der Waals surface area contributed by atoms with Crippen LogP contribution in [0.25, 0.3) is 0 Å². The lowest BCUT2D eigenvalue weighted by molar-refractivity contribution is 0.128. The van der Waals surface area contributed by atoms with E-state index in [0.717, 1.165) is 12.2 Å². The summed E-state index contributed by atoms with van der Waals surface area (Å²) < 4.78 is 21.0. The van der Waals surface area contributed by atoms with Crippen molar-refractivity contribution in [1.29, 1.82) is 0 Å². The Balaban J connectivity index is 2.50. The van der Waals surface area contributed by atoms with Crippen LogP contribution in [-0.4, -0.2) is 24.5 Å². The smallest absolute Gasteiger partial charge is 0.214 e. The van der Waals surface area contributed by atoms with E-state index in [1.165, 1.54) is 5.56 Å². The highest BCUT2D eigenvalue weighted by Crippen LogP contribution is 2.36. The molecule has 1 N–H and O–H groups in total. The minimum atomic E-state index is -2.54. The van der Waals surface area contributed by atoms with E-state index in [9.17, 15) is 4.57 Å². The number of ether oxygens (including phenoxy) is 2. The van der Waals surface area contributed by atoms with Crippen LogP contribution in [0.3, 0.4) is 0 Å². The van der Waals surface area contributed by atoms with Crippen molar-refractivity contribution in [2.24, 2.45) is 5.41 Å². The molecule has 0 aliphatic carbocycles. The second-order valence-corrected chi connectivity index (χ2v) is 8.52. The van der Waals surface area contributed by atoms with Crippen molar-refractivity contribution < 1.29 is 18.9 Å². The summed E-state index contributed by atoms with van der Waals surface area (Å²) in [5, 5.41) is 0. The van der Waals surface area contributed by atoms with Gasteiger partial charge in [-0.3, -0.25) is 4.57 Å². The van der Waals surface area contributed by atoms with Crippen LogP contribution in [-0.2, 0) is 14.7 Å². The molecule has 22 heavy (non-hydrogen) atoms. The number of benzene rings is 1. The Bertz CT molecular complexity index is 474. The van der Waals surface area contributed by atoms with E-state index >= 15 is 0 Å². The van der Waals surface area contributed by atoms with Gasteiger partial charge in [0.15, 0.2) is 0 Å². The fraction of sp³-hybridized carbons (Fsp3) is 0.647. The van der Waals surface area contributed by atoms with Crippen molar-refractivity contribution >= 4 is 8.03 Å². The first-order valence-electron chi connectivity index (χ1n) is 7.63. The molecule has 0 amide bonds. The third kappa shape index (κ3) is 7.44. The highest BCUT2D eigenvalue weighted by Gasteiger charge is 2.27. The average molecular weight is 328 g/mol. The van der Waals surface area contributed by atoms with E-state index in [2.05, 4.69) is 46.8 Å².